The minimum atomic E-state index is -3.52. The molecule has 0 spiro atoms. The standard InChI is InChI=1S/C8H13ClN4O2S.ClH/c1-12-8(7(9)6-11-12)16(14,15)13-4-2-10-3-5-13;/h6,10H,2-5H2,1H3;1H. The van der Waals surface area contributed by atoms with E-state index in [-0.39, 0.29) is 22.5 Å². The molecule has 1 N–H and O–H groups in total. The lowest BCUT2D eigenvalue weighted by molar-refractivity contribution is 0.357. The van der Waals surface area contributed by atoms with Crippen LogP contribution in [-0.2, 0) is 17.1 Å². The summed E-state index contributed by atoms with van der Waals surface area (Å²) in [7, 11) is -1.95. The number of aromatic nitrogens is 2. The fraction of sp³-hybridized carbons (Fsp3) is 0.625. The summed E-state index contributed by atoms with van der Waals surface area (Å²) in [5.41, 5.74) is 0. The second-order valence-electron chi connectivity index (χ2n) is 3.58. The first-order chi connectivity index (χ1) is 7.53. The van der Waals surface area contributed by atoms with Gasteiger partial charge in [0.25, 0.3) is 10.0 Å². The first-order valence-electron chi connectivity index (χ1n) is 4.92. The largest absolute Gasteiger partial charge is 0.314 e. The van der Waals surface area contributed by atoms with Gasteiger partial charge in [-0.1, -0.05) is 11.6 Å². The van der Waals surface area contributed by atoms with Gasteiger partial charge >= 0.3 is 0 Å². The third kappa shape index (κ3) is 2.74. The number of nitrogens with one attached hydrogen (secondary N) is 1. The number of hydrogen-bond donors (Lipinski definition) is 1. The Morgan fingerprint density at radius 1 is 1.41 bits per heavy atom. The molecule has 6 nitrogen and oxygen atoms in total. The molecule has 0 saturated carbocycles. The summed E-state index contributed by atoms with van der Waals surface area (Å²) in [5.74, 6) is 0. The van der Waals surface area contributed by atoms with Crippen LogP contribution in [0.5, 0.6) is 0 Å². The summed E-state index contributed by atoms with van der Waals surface area (Å²) in [4.78, 5) is 0. The number of halogens is 2. The Kier molecular flexibility index (Phi) is 4.79. The van der Waals surface area contributed by atoms with E-state index in [1.54, 1.807) is 7.05 Å². The van der Waals surface area contributed by atoms with Crippen molar-refractivity contribution in [3.05, 3.63) is 11.2 Å². The molecular formula is C8H14Cl2N4O2S. The van der Waals surface area contributed by atoms with E-state index in [0.717, 1.165) is 0 Å². The van der Waals surface area contributed by atoms with Crippen molar-refractivity contribution in [2.75, 3.05) is 26.2 Å². The molecule has 0 aliphatic carbocycles. The predicted octanol–water partition coefficient (Wildman–Crippen LogP) is 0.0892. The van der Waals surface area contributed by atoms with Gasteiger partial charge in [-0.3, -0.25) is 4.68 Å². The molecule has 0 bridgehead atoms. The van der Waals surface area contributed by atoms with Crippen LogP contribution in [0.4, 0.5) is 0 Å². The van der Waals surface area contributed by atoms with E-state index >= 15 is 0 Å². The van der Waals surface area contributed by atoms with E-state index in [2.05, 4.69) is 10.4 Å². The van der Waals surface area contributed by atoms with Gasteiger partial charge in [-0.05, 0) is 0 Å². The number of piperazine rings is 1. The quantitative estimate of drug-likeness (QED) is 0.840. The lowest BCUT2D eigenvalue weighted by Crippen LogP contribution is -2.46. The molecule has 0 unspecified atom stereocenters. The van der Waals surface area contributed by atoms with E-state index in [0.29, 0.717) is 26.2 Å². The molecule has 0 atom stereocenters. The van der Waals surface area contributed by atoms with Gasteiger partial charge < -0.3 is 5.32 Å². The van der Waals surface area contributed by atoms with Crippen molar-refractivity contribution in [2.45, 2.75) is 5.03 Å². The van der Waals surface area contributed by atoms with Crippen molar-refractivity contribution in [1.29, 1.82) is 0 Å². The highest BCUT2D eigenvalue weighted by Gasteiger charge is 2.30. The zero-order valence-corrected chi connectivity index (χ0v) is 11.6. The Balaban J connectivity index is 0.00000144. The van der Waals surface area contributed by atoms with Crippen LogP contribution >= 0.6 is 24.0 Å². The molecular weight excluding hydrogens is 287 g/mol. The Morgan fingerprint density at radius 3 is 2.47 bits per heavy atom. The summed E-state index contributed by atoms with van der Waals surface area (Å²) in [6, 6.07) is 0. The van der Waals surface area contributed by atoms with Crippen LogP contribution in [0, 0.1) is 0 Å². The maximum Gasteiger partial charge on any atom is 0.261 e. The Bertz CT molecular complexity index is 462. The van der Waals surface area contributed by atoms with E-state index in [4.69, 9.17) is 11.6 Å². The molecule has 2 heterocycles. The lowest BCUT2D eigenvalue weighted by atomic mass is 10.4. The van der Waals surface area contributed by atoms with Crippen molar-refractivity contribution >= 4 is 34.0 Å². The predicted molar refractivity (Wildman–Crippen MR) is 67.1 cm³/mol. The maximum absolute atomic E-state index is 12.2. The summed E-state index contributed by atoms with van der Waals surface area (Å²) in [5, 5.41) is 7.17. The van der Waals surface area contributed by atoms with Gasteiger partial charge in [0.2, 0.25) is 0 Å². The van der Waals surface area contributed by atoms with Gasteiger partial charge in [0.15, 0.2) is 5.03 Å². The zero-order valence-electron chi connectivity index (χ0n) is 9.26. The summed E-state index contributed by atoms with van der Waals surface area (Å²) in [6.07, 6.45) is 1.34. The fourth-order valence-corrected chi connectivity index (χ4v) is 3.74. The minimum Gasteiger partial charge on any atom is -0.314 e. The molecule has 17 heavy (non-hydrogen) atoms. The van der Waals surface area contributed by atoms with Crippen LogP contribution in [0.1, 0.15) is 0 Å². The molecule has 98 valence electrons. The topological polar surface area (TPSA) is 67.2 Å². The number of sulfonamides is 1. The van der Waals surface area contributed by atoms with Gasteiger partial charge in [0, 0.05) is 33.2 Å². The van der Waals surface area contributed by atoms with E-state index in [1.165, 1.54) is 15.2 Å². The van der Waals surface area contributed by atoms with Gasteiger partial charge in [-0.25, -0.2) is 8.42 Å². The third-order valence-corrected chi connectivity index (χ3v) is 4.91. The van der Waals surface area contributed by atoms with Crippen LogP contribution in [0.15, 0.2) is 11.2 Å². The van der Waals surface area contributed by atoms with Crippen LogP contribution in [0.25, 0.3) is 0 Å². The molecule has 1 saturated heterocycles. The summed E-state index contributed by atoms with van der Waals surface area (Å²) < 4.78 is 27.2. The third-order valence-electron chi connectivity index (χ3n) is 2.50. The van der Waals surface area contributed by atoms with Crippen LogP contribution in [0.2, 0.25) is 5.02 Å². The van der Waals surface area contributed by atoms with Crippen LogP contribution in [-0.4, -0.2) is 48.7 Å². The Labute approximate surface area is 111 Å². The molecule has 1 aliphatic heterocycles. The lowest BCUT2D eigenvalue weighted by Gasteiger charge is -2.26. The number of aryl methyl sites for hydroxylation is 1. The highest BCUT2D eigenvalue weighted by molar-refractivity contribution is 7.89. The van der Waals surface area contributed by atoms with E-state index in [1.807, 2.05) is 0 Å². The van der Waals surface area contributed by atoms with Crippen LogP contribution in [0.3, 0.4) is 0 Å². The van der Waals surface area contributed by atoms with E-state index in [9.17, 15) is 8.42 Å². The number of rotatable bonds is 2. The second-order valence-corrected chi connectivity index (χ2v) is 5.84. The van der Waals surface area contributed by atoms with Gasteiger partial charge in [-0.2, -0.15) is 9.40 Å². The average Bonchev–Trinajstić information content (AvgIpc) is 2.60. The maximum atomic E-state index is 12.2. The Morgan fingerprint density at radius 2 is 2.00 bits per heavy atom. The van der Waals surface area contributed by atoms with Gasteiger partial charge in [0.1, 0.15) is 0 Å². The molecule has 1 aliphatic rings. The van der Waals surface area contributed by atoms with Crippen molar-refractivity contribution in [3.63, 3.8) is 0 Å². The normalized spacial score (nSPS) is 17.8. The first kappa shape index (κ1) is 14.7. The Hall–Kier alpha value is -0.340. The van der Waals surface area contributed by atoms with E-state index < -0.39 is 10.0 Å². The molecule has 0 amide bonds. The number of hydrogen-bond acceptors (Lipinski definition) is 4. The second kappa shape index (κ2) is 5.53. The van der Waals surface area contributed by atoms with Crippen LogP contribution < -0.4 is 5.32 Å². The molecule has 0 radical (unpaired) electrons. The van der Waals surface area contributed by atoms with Crippen molar-refractivity contribution in [1.82, 2.24) is 19.4 Å². The highest BCUT2D eigenvalue weighted by Crippen LogP contribution is 2.23. The molecule has 1 aromatic heterocycles. The minimum absolute atomic E-state index is 0. The molecule has 1 fully saturated rings. The molecule has 2 rings (SSSR count). The van der Waals surface area contributed by atoms with Crippen molar-refractivity contribution in [2.24, 2.45) is 7.05 Å². The zero-order chi connectivity index (χ0) is 11.8. The van der Waals surface area contributed by atoms with Crippen molar-refractivity contribution < 1.29 is 8.42 Å². The van der Waals surface area contributed by atoms with Gasteiger partial charge in [-0.15, -0.1) is 12.4 Å². The monoisotopic (exact) mass is 300 g/mol. The van der Waals surface area contributed by atoms with Gasteiger partial charge in [0.05, 0.1) is 11.2 Å². The van der Waals surface area contributed by atoms with Crippen molar-refractivity contribution in [3.8, 4) is 0 Å². The highest BCUT2D eigenvalue weighted by atomic mass is 35.5. The average molecular weight is 301 g/mol. The molecule has 0 aromatic carbocycles. The molecule has 9 heteroatoms. The molecule has 1 aromatic rings. The smallest absolute Gasteiger partial charge is 0.261 e. The first-order valence-corrected chi connectivity index (χ1v) is 6.73. The summed E-state index contributed by atoms with van der Waals surface area (Å²) in [6.45, 7) is 2.25. The fourth-order valence-electron chi connectivity index (χ4n) is 1.70. The summed E-state index contributed by atoms with van der Waals surface area (Å²) >= 11 is 5.84. The number of nitrogens with zero attached hydrogens (tertiary/aromatic N) is 3. The SMILES string of the molecule is Cl.Cn1ncc(Cl)c1S(=O)(=O)N1CCNCC1.